The Morgan fingerprint density at radius 2 is 2.27 bits per heavy atom. The number of benzene rings is 2. The van der Waals surface area contributed by atoms with Crippen molar-refractivity contribution >= 4 is 45.5 Å². The van der Waals surface area contributed by atoms with Crippen molar-refractivity contribution in [3.05, 3.63) is 64.9 Å². The zero-order valence-electron chi connectivity index (χ0n) is 30.1. The lowest BCUT2D eigenvalue weighted by molar-refractivity contribution is -0.111. The van der Waals surface area contributed by atoms with E-state index < -0.39 is 112 Å². The van der Waals surface area contributed by atoms with E-state index in [1.54, 1.807) is 6.07 Å². The molecule has 33 heavy (non-hydrogen) atoms. The van der Waals surface area contributed by atoms with Crippen molar-refractivity contribution in [1.82, 2.24) is 9.88 Å². The van der Waals surface area contributed by atoms with Gasteiger partial charge < -0.3 is 20.3 Å². The summed E-state index contributed by atoms with van der Waals surface area (Å²) >= 11 is 5.82. The van der Waals surface area contributed by atoms with Crippen LogP contribution >= 0.6 is 11.6 Å². The lowest BCUT2D eigenvalue weighted by Crippen LogP contribution is -2.13. The molecule has 1 aromatic heterocycles. The minimum atomic E-state index is -3.52. The Morgan fingerprint density at radius 3 is 3.00 bits per heavy atom. The quantitative estimate of drug-likeness (QED) is 0.436. The molecule has 0 atom stereocenters. The van der Waals surface area contributed by atoms with Gasteiger partial charge in [-0.3, -0.25) is 9.78 Å². The Morgan fingerprint density at radius 1 is 1.45 bits per heavy atom. The van der Waals surface area contributed by atoms with Crippen molar-refractivity contribution in [2.45, 2.75) is 6.85 Å². The second-order valence-corrected chi connectivity index (χ2v) is 6.69. The van der Waals surface area contributed by atoms with E-state index in [1.165, 1.54) is 14.1 Å². The molecule has 9 heteroatoms. The predicted molar refractivity (Wildman–Crippen MR) is 129 cm³/mol. The number of anilines is 3. The molecule has 0 spiro atoms. The Labute approximate surface area is 214 Å². The van der Waals surface area contributed by atoms with E-state index in [1.807, 2.05) is 0 Å². The Balaban J connectivity index is 2.46. The van der Waals surface area contributed by atoms with E-state index in [0.717, 1.165) is 11.0 Å². The average molecular weight is 481 g/mol. The molecular formula is C24H23ClFN5O2. The van der Waals surface area contributed by atoms with Crippen molar-refractivity contribution in [1.29, 1.82) is 5.26 Å². The molecule has 0 saturated carbocycles. The van der Waals surface area contributed by atoms with Crippen LogP contribution in [0.5, 0.6) is 5.75 Å². The number of hydrogen-bond donors (Lipinski definition) is 2. The van der Waals surface area contributed by atoms with Crippen LogP contribution in [-0.4, -0.2) is 42.9 Å². The Hall–Kier alpha value is -3.67. The minimum Gasteiger partial charge on any atom is -0.492 e. The summed E-state index contributed by atoms with van der Waals surface area (Å²) in [6.07, 6.45) is 0.682. The van der Waals surface area contributed by atoms with Gasteiger partial charge >= 0.3 is 0 Å². The zero-order chi connectivity index (χ0) is 35.3. The number of carbonyl (C=O) groups is 1. The van der Waals surface area contributed by atoms with Crippen molar-refractivity contribution in [2.75, 3.05) is 37.8 Å². The summed E-state index contributed by atoms with van der Waals surface area (Å²) < 4.78 is 124. The smallest absolute Gasteiger partial charge is 0.248 e. The van der Waals surface area contributed by atoms with Crippen molar-refractivity contribution in [3.63, 3.8) is 0 Å². The van der Waals surface area contributed by atoms with E-state index in [9.17, 15) is 14.4 Å². The van der Waals surface area contributed by atoms with E-state index in [-0.39, 0.29) is 0 Å². The lowest BCUT2D eigenvalue weighted by Gasteiger charge is -2.16. The first kappa shape index (κ1) is 12.0. The minimum absolute atomic E-state index is 0.562. The van der Waals surface area contributed by atoms with Crippen LogP contribution in [0.1, 0.15) is 30.2 Å². The number of likely N-dealkylation sites (N-methyl/N-ethyl adjacent to an activating group) is 1. The van der Waals surface area contributed by atoms with Crippen LogP contribution < -0.4 is 15.4 Å². The number of amides is 1. The van der Waals surface area contributed by atoms with Gasteiger partial charge in [-0.1, -0.05) is 17.7 Å². The highest BCUT2D eigenvalue weighted by Gasteiger charge is 2.15. The van der Waals surface area contributed by atoms with Gasteiger partial charge in [-0.25, -0.2) is 4.39 Å². The second-order valence-electron chi connectivity index (χ2n) is 6.32. The maximum Gasteiger partial charge on any atom is 0.248 e. The summed E-state index contributed by atoms with van der Waals surface area (Å²) in [7, 11) is 2.75. The summed E-state index contributed by atoms with van der Waals surface area (Å²) in [6.45, 7) is -9.13. The molecule has 0 aliphatic heterocycles. The third-order valence-corrected chi connectivity index (χ3v) is 4.04. The van der Waals surface area contributed by atoms with Gasteiger partial charge in [-0.05, 0) is 45.1 Å². The first-order valence-corrected chi connectivity index (χ1v) is 9.32. The third-order valence-electron chi connectivity index (χ3n) is 3.78. The molecule has 3 aromatic rings. The number of nitriles is 1. The van der Waals surface area contributed by atoms with Crippen LogP contribution in [0.3, 0.4) is 0 Å². The van der Waals surface area contributed by atoms with E-state index >= 15 is 0 Å². The van der Waals surface area contributed by atoms with E-state index in [2.05, 4.69) is 15.6 Å². The van der Waals surface area contributed by atoms with Crippen LogP contribution in [0.25, 0.3) is 10.9 Å². The topological polar surface area (TPSA) is 90.3 Å². The second kappa shape index (κ2) is 10.8. The lowest BCUT2D eigenvalue weighted by atomic mass is 10.1. The molecule has 0 bridgehead atoms. The first-order valence-electron chi connectivity index (χ1n) is 15.4. The zero-order valence-corrected chi connectivity index (χ0v) is 17.8. The first-order chi connectivity index (χ1) is 21.0. The number of carbonyl (C=O) groups excluding carboxylic acids is 1. The number of rotatable bonds is 8. The standard InChI is InChI=1S/C24H23ClFN5O2/c1-4-33-22-12-20-17(11-21(22)30-23(32)6-5-9-31(2)3)24(15(13-27)14-28-20)29-16-7-8-19(26)18(25)10-16/h5-8,10-12,14H,4,9H2,1-3H3,(H,28,29)(H,30,32)/b6-5+/i1D3,4D2,7D,8D,9D2,10D,11D,12D,14D. The fourth-order valence-corrected chi connectivity index (χ4v) is 2.58. The molecule has 0 aliphatic carbocycles. The normalized spacial score (nSPS) is 18.0. The largest absolute Gasteiger partial charge is 0.492 e. The van der Waals surface area contributed by atoms with Crippen LogP contribution in [0.4, 0.5) is 21.5 Å². The van der Waals surface area contributed by atoms with Crippen LogP contribution in [0.15, 0.2) is 48.5 Å². The van der Waals surface area contributed by atoms with Crippen LogP contribution in [0, 0.1) is 17.1 Å². The molecule has 3 rings (SSSR count). The molecule has 1 heterocycles. The molecule has 170 valence electrons. The fraction of sp³-hybridized carbons (Fsp3) is 0.208. The van der Waals surface area contributed by atoms with Crippen LogP contribution in [-0.2, 0) is 4.79 Å². The van der Waals surface area contributed by atoms with E-state index in [4.69, 9.17) is 34.2 Å². The number of fused-ring (bicyclic) bond motifs is 1. The van der Waals surface area contributed by atoms with Gasteiger partial charge in [-0.2, -0.15) is 5.26 Å². The number of pyridine rings is 1. The van der Waals surface area contributed by atoms with Crippen LogP contribution in [0.2, 0.25) is 5.02 Å². The maximum absolute atomic E-state index is 14.3. The molecule has 0 saturated heterocycles. The molecule has 0 radical (unpaired) electrons. The van der Waals surface area contributed by atoms with Gasteiger partial charge in [0, 0.05) is 42.7 Å². The maximum atomic E-state index is 14.3. The van der Waals surface area contributed by atoms with Gasteiger partial charge in [0.2, 0.25) is 5.91 Å². The molecule has 0 aliphatic rings. The molecule has 1 amide bonds. The van der Waals surface area contributed by atoms with Gasteiger partial charge in [0.15, 0.2) is 0 Å². The summed E-state index contributed by atoms with van der Waals surface area (Å²) in [5, 5.41) is 13.0. The molecular weight excluding hydrogens is 445 g/mol. The number of aromatic nitrogens is 1. The van der Waals surface area contributed by atoms with Crippen molar-refractivity contribution in [2.24, 2.45) is 0 Å². The highest BCUT2D eigenvalue weighted by molar-refractivity contribution is 6.31. The number of ether oxygens (including phenoxy) is 1. The molecule has 2 aromatic carbocycles. The third kappa shape index (κ3) is 5.98. The van der Waals surface area contributed by atoms with Crippen molar-refractivity contribution in [3.8, 4) is 11.8 Å². The molecule has 0 fully saturated rings. The summed E-state index contributed by atoms with van der Waals surface area (Å²) in [6, 6.07) is -3.04. The molecule has 2 N–H and O–H groups in total. The number of nitrogens with zero attached hydrogens (tertiary/aromatic N) is 3. The van der Waals surface area contributed by atoms with Gasteiger partial charge in [0.1, 0.15) is 17.6 Å². The summed E-state index contributed by atoms with van der Waals surface area (Å²) in [5.74, 6) is -3.57. The number of hydrogen-bond acceptors (Lipinski definition) is 6. The average Bonchev–Trinajstić information content (AvgIpc) is 2.95. The summed E-state index contributed by atoms with van der Waals surface area (Å²) in [5.41, 5.74) is -3.38. The van der Waals surface area contributed by atoms with E-state index in [0.29, 0.717) is 6.08 Å². The van der Waals surface area contributed by atoms with Gasteiger partial charge in [-0.15, -0.1) is 0 Å². The Kier molecular flexibility index (Phi) is 3.91. The highest BCUT2D eigenvalue weighted by Crippen LogP contribution is 2.36. The SMILES string of the molecule is [2H]c1nc2c([2H])c(OC([2H])([2H])C([2H])([2H])[2H])c(NC(=O)/C=C/C([2H])([2H])N(C)C)c([2H])c2c(Nc2c([2H])c([2H])c(F)c(Cl)c2[2H])c1C#N. The Bertz CT molecular complexity index is 1800. The fourth-order valence-electron chi connectivity index (χ4n) is 2.43. The highest BCUT2D eigenvalue weighted by atomic mass is 35.5. The van der Waals surface area contributed by atoms with Gasteiger partial charge in [0.25, 0.3) is 0 Å². The monoisotopic (exact) mass is 480 g/mol. The number of nitrogens with one attached hydrogen (secondary N) is 2. The summed E-state index contributed by atoms with van der Waals surface area (Å²) in [4.78, 5) is 17.9. The number of halogens is 2. The van der Waals surface area contributed by atoms with Gasteiger partial charge in [0.05, 0.1) is 45.0 Å². The molecule has 0 unspecified atom stereocenters. The predicted octanol–water partition coefficient (Wildman–Crippen LogP) is 5.10. The molecule has 7 nitrogen and oxygen atoms in total. The van der Waals surface area contributed by atoms with Crippen molar-refractivity contribution < 1.29 is 31.7 Å².